The number of aliphatic imine (C=N–C) groups is 1. The quantitative estimate of drug-likeness (QED) is 0.605. The Morgan fingerprint density at radius 3 is 2.22 bits per heavy atom. The molecule has 0 saturated heterocycles. The molecule has 0 spiro atoms. The van der Waals surface area contributed by atoms with E-state index in [9.17, 15) is 0 Å². The zero-order valence-electron chi connectivity index (χ0n) is 10.5. The summed E-state index contributed by atoms with van der Waals surface area (Å²) in [6.07, 6.45) is 3.94. The Morgan fingerprint density at radius 1 is 1.00 bits per heavy atom. The molecule has 0 radical (unpaired) electrons. The molecule has 0 heterocycles. The summed E-state index contributed by atoms with van der Waals surface area (Å²) in [5.74, 6) is 0.846. The summed E-state index contributed by atoms with van der Waals surface area (Å²) in [6.45, 7) is 0. The van der Waals surface area contributed by atoms with Gasteiger partial charge in [0, 0.05) is 11.1 Å². The van der Waals surface area contributed by atoms with E-state index in [0.29, 0.717) is 0 Å². The molecular formula is C15H15NOS. The third-order valence-corrected chi connectivity index (χ3v) is 3.29. The minimum atomic E-state index is 0.846. The highest BCUT2D eigenvalue weighted by Gasteiger charge is 1.92. The molecule has 0 amide bonds. The predicted octanol–water partition coefficient (Wildman–Crippen LogP) is 4.17. The molecule has 2 nitrogen and oxygen atoms in total. The maximum atomic E-state index is 5.10. The lowest BCUT2D eigenvalue weighted by molar-refractivity contribution is 0.415. The molecule has 0 saturated carbocycles. The van der Waals surface area contributed by atoms with Crippen molar-refractivity contribution in [1.29, 1.82) is 0 Å². The van der Waals surface area contributed by atoms with Crippen molar-refractivity contribution in [3.63, 3.8) is 0 Å². The SMILES string of the molecule is COc1ccc(/N=C/c2ccc(SC)cc2)cc1. The first-order chi connectivity index (χ1) is 8.81. The second-order valence-electron chi connectivity index (χ2n) is 3.73. The van der Waals surface area contributed by atoms with Gasteiger partial charge in [-0.05, 0) is 48.2 Å². The molecule has 0 atom stereocenters. The molecule has 0 bridgehead atoms. The number of nitrogens with zero attached hydrogens (tertiary/aromatic N) is 1. The van der Waals surface area contributed by atoms with Crippen molar-refractivity contribution in [3.8, 4) is 5.75 Å². The van der Waals surface area contributed by atoms with Crippen LogP contribution in [0.1, 0.15) is 5.56 Å². The van der Waals surface area contributed by atoms with Crippen LogP contribution in [0.4, 0.5) is 5.69 Å². The first-order valence-corrected chi connectivity index (χ1v) is 6.86. The topological polar surface area (TPSA) is 21.6 Å². The molecular weight excluding hydrogens is 242 g/mol. The van der Waals surface area contributed by atoms with Gasteiger partial charge in [-0.15, -0.1) is 11.8 Å². The van der Waals surface area contributed by atoms with Crippen LogP contribution in [0.3, 0.4) is 0 Å². The maximum absolute atomic E-state index is 5.10. The third-order valence-electron chi connectivity index (χ3n) is 2.55. The zero-order chi connectivity index (χ0) is 12.8. The van der Waals surface area contributed by atoms with E-state index >= 15 is 0 Å². The zero-order valence-corrected chi connectivity index (χ0v) is 11.3. The molecule has 0 aliphatic heterocycles. The lowest BCUT2D eigenvalue weighted by Crippen LogP contribution is -1.81. The van der Waals surface area contributed by atoms with Crippen LogP contribution in [0.25, 0.3) is 0 Å². The van der Waals surface area contributed by atoms with Gasteiger partial charge in [0.1, 0.15) is 5.75 Å². The molecule has 0 aliphatic carbocycles. The van der Waals surface area contributed by atoms with Crippen LogP contribution in [0.15, 0.2) is 58.4 Å². The van der Waals surface area contributed by atoms with Crippen LogP contribution >= 0.6 is 11.8 Å². The Labute approximate surface area is 112 Å². The largest absolute Gasteiger partial charge is 0.497 e. The van der Waals surface area contributed by atoms with Gasteiger partial charge in [0.15, 0.2) is 0 Å². The molecule has 0 N–H and O–H groups in total. The lowest BCUT2D eigenvalue weighted by Gasteiger charge is -1.99. The first-order valence-electron chi connectivity index (χ1n) is 5.64. The summed E-state index contributed by atoms with van der Waals surface area (Å²) in [7, 11) is 1.66. The summed E-state index contributed by atoms with van der Waals surface area (Å²) in [5.41, 5.74) is 2.02. The number of thioether (sulfide) groups is 1. The van der Waals surface area contributed by atoms with Gasteiger partial charge in [0.2, 0.25) is 0 Å². The van der Waals surface area contributed by atoms with Gasteiger partial charge < -0.3 is 4.74 Å². The van der Waals surface area contributed by atoms with Crippen molar-refractivity contribution in [2.45, 2.75) is 4.90 Å². The van der Waals surface area contributed by atoms with Crippen LogP contribution in [0.2, 0.25) is 0 Å². The van der Waals surface area contributed by atoms with E-state index < -0.39 is 0 Å². The van der Waals surface area contributed by atoms with E-state index in [4.69, 9.17) is 4.74 Å². The minimum absolute atomic E-state index is 0.846. The molecule has 2 aromatic carbocycles. The Morgan fingerprint density at radius 2 is 1.67 bits per heavy atom. The predicted molar refractivity (Wildman–Crippen MR) is 78.5 cm³/mol. The fourth-order valence-corrected chi connectivity index (χ4v) is 1.92. The molecule has 92 valence electrons. The minimum Gasteiger partial charge on any atom is -0.497 e. The second-order valence-corrected chi connectivity index (χ2v) is 4.61. The molecule has 2 rings (SSSR count). The Balaban J connectivity index is 2.08. The first kappa shape index (κ1) is 12.7. The van der Waals surface area contributed by atoms with Gasteiger partial charge in [-0.3, -0.25) is 4.99 Å². The standard InChI is InChI=1S/C15H15NOS/c1-17-14-7-5-13(6-8-14)16-11-12-3-9-15(18-2)10-4-12/h3-11H,1-2H3/b16-11+. The van der Waals surface area contributed by atoms with Crippen LogP contribution in [-0.4, -0.2) is 19.6 Å². The Hall–Kier alpha value is -1.74. The maximum Gasteiger partial charge on any atom is 0.119 e. The highest BCUT2D eigenvalue weighted by Crippen LogP contribution is 2.18. The summed E-state index contributed by atoms with van der Waals surface area (Å²) >= 11 is 1.74. The number of methoxy groups -OCH3 is 1. The molecule has 0 fully saturated rings. The van der Waals surface area contributed by atoms with Gasteiger partial charge in [0.05, 0.1) is 12.8 Å². The monoisotopic (exact) mass is 257 g/mol. The van der Waals surface area contributed by atoms with Gasteiger partial charge in [-0.1, -0.05) is 12.1 Å². The van der Waals surface area contributed by atoms with E-state index in [0.717, 1.165) is 17.0 Å². The summed E-state index contributed by atoms with van der Waals surface area (Å²) < 4.78 is 5.10. The number of hydrogen-bond donors (Lipinski definition) is 0. The smallest absolute Gasteiger partial charge is 0.119 e. The molecule has 0 unspecified atom stereocenters. The average molecular weight is 257 g/mol. The molecule has 0 aliphatic rings. The Kier molecular flexibility index (Phi) is 4.42. The number of benzene rings is 2. The number of hydrogen-bond acceptors (Lipinski definition) is 3. The van der Waals surface area contributed by atoms with E-state index in [1.807, 2.05) is 30.5 Å². The molecule has 3 heteroatoms. The van der Waals surface area contributed by atoms with Crippen LogP contribution in [0, 0.1) is 0 Å². The van der Waals surface area contributed by atoms with Crippen LogP contribution < -0.4 is 4.74 Å². The van der Waals surface area contributed by atoms with Crippen LogP contribution in [0.5, 0.6) is 5.75 Å². The van der Waals surface area contributed by atoms with Crippen molar-refractivity contribution in [3.05, 3.63) is 54.1 Å². The Bertz CT molecular complexity index is 468. The average Bonchev–Trinajstić information content (AvgIpc) is 2.46. The molecule has 2 aromatic rings. The van der Waals surface area contributed by atoms with Crippen molar-refractivity contribution in [2.75, 3.05) is 13.4 Å². The van der Waals surface area contributed by atoms with Gasteiger partial charge in [0.25, 0.3) is 0 Å². The van der Waals surface area contributed by atoms with E-state index in [1.165, 1.54) is 4.90 Å². The second kappa shape index (κ2) is 6.26. The highest BCUT2D eigenvalue weighted by molar-refractivity contribution is 7.98. The van der Waals surface area contributed by atoms with E-state index in [-0.39, 0.29) is 0 Å². The van der Waals surface area contributed by atoms with Gasteiger partial charge >= 0.3 is 0 Å². The van der Waals surface area contributed by atoms with Gasteiger partial charge in [-0.25, -0.2) is 0 Å². The summed E-state index contributed by atoms with van der Waals surface area (Å²) in [6, 6.07) is 16.0. The number of rotatable bonds is 4. The van der Waals surface area contributed by atoms with E-state index in [2.05, 4.69) is 35.5 Å². The summed E-state index contributed by atoms with van der Waals surface area (Å²) in [4.78, 5) is 5.68. The fraction of sp³-hybridized carbons (Fsp3) is 0.133. The fourth-order valence-electron chi connectivity index (χ4n) is 1.51. The van der Waals surface area contributed by atoms with Crippen molar-refractivity contribution in [1.82, 2.24) is 0 Å². The lowest BCUT2D eigenvalue weighted by atomic mass is 10.2. The van der Waals surface area contributed by atoms with Crippen LogP contribution in [-0.2, 0) is 0 Å². The van der Waals surface area contributed by atoms with Crippen molar-refractivity contribution >= 4 is 23.7 Å². The summed E-state index contributed by atoms with van der Waals surface area (Å²) in [5, 5.41) is 0. The van der Waals surface area contributed by atoms with Crippen molar-refractivity contribution in [2.24, 2.45) is 4.99 Å². The van der Waals surface area contributed by atoms with Crippen molar-refractivity contribution < 1.29 is 4.74 Å². The third kappa shape index (κ3) is 3.37. The van der Waals surface area contributed by atoms with Gasteiger partial charge in [-0.2, -0.15) is 0 Å². The highest BCUT2D eigenvalue weighted by atomic mass is 32.2. The normalized spacial score (nSPS) is 10.8. The number of ether oxygens (including phenoxy) is 1. The molecule has 0 aromatic heterocycles. The molecule has 18 heavy (non-hydrogen) atoms. The van der Waals surface area contributed by atoms with E-state index in [1.54, 1.807) is 18.9 Å².